The molecule has 0 aliphatic heterocycles. The number of nitrogens with two attached hydrogens (primary N) is 1. The Kier molecular flexibility index (Phi) is 9.16. The minimum absolute atomic E-state index is 0.198. The highest BCUT2D eigenvalue weighted by atomic mass is 28.4. The Bertz CT molecular complexity index is 165. The molecule has 0 aliphatic carbocycles. The summed E-state index contributed by atoms with van der Waals surface area (Å²) in [6.07, 6.45) is 4.50. The predicted octanol–water partition coefficient (Wildman–Crippen LogP) is 2.16. The predicted molar refractivity (Wildman–Crippen MR) is 68.3 cm³/mol. The summed E-state index contributed by atoms with van der Waals surface area (Å²) in [6.45, 7) is 4.91. The molecule has 1 unspecified atom stereocenters. The summed E-state index contributed by atoms with van der Waals surface area (Å²) in [5, 5.41) is 0. The van der Waals surface area contributed by atoms with Gasteiger partial charge in [-0.25, -0.2) is 0 Å². The number of hydrogen-bond donors (Lipinski definition) is 1. The lowest BCUT2D eigenvalue weighted by Crippen LogP contribution is -2.46. The minimum Gasteiger partial charge on any atom is -0.377 e. The van der Waals surface area contributed by atoms with Gasteiger partial charge in [0.25, 0.3) is 0 Å². The minimum atomic E-state index is -2.46. The zero-order valence-corrected chi connectivity index (χ0v) is 12.1. The van der Waals surface area contributed by atoms with Crippen molar-refractivity contribution in [3.8, 4) is 0 Å². The molecule has 98 valence electrons. The van der Waals surface area contributed by atoms with Crippen molar-refractivity contribution in [3.05, 3.63) is 0 Å². The van der Waals surface area contributed by atoms with Crippen molar-refractivity contribution in [2.45, 2.75) is 51.7 Å². The van der Waals surface area contributed by atoms with Gasteiger partial charge in [-0.2, -0.15) is 0 Å². The first-order chi connectivity index (χ1) is 7.64. The molecule has 0 heterocycles. The second-order valence-electron chi connectivity index (χ2n) is 4.05. The van der Waals surface area contributed by atoms with Gasteiger partial charge in [0.05, 0.1) is 0 Å². The van der Waals surface area contributed by atoms with Gasteiger partial charge in [0.2, 0.25) is 0 Å². The van der Waals surface area contributed by atoms with E-state index in [1.165, 1.54) is 12.8 Å². The maximum atomic E-state index is 5.98. The summed E-state index contributed by atoms with van der Waals surface area (Å²) in [6, 6.07) is 0.799. The molecule has 0 spiro atoms. The first-order valence-corrected chi connectivity index (χ1v) is 8.05. The molecule has 2 N–H and O–H groups in total. The van der Waals surface area contributed by atoms with Crippen molar-refractivity contribution < 1.29 is 13.3 Å². The smallest absolute Gasteiger partial charge is 0.377 e. The Morgan fingerprint density at radius 1 is 1.19 bits per heavy atom. The van der Waals surface area contributed by atoms with Gasteiger partial charge in [-0.3, -0.25) is 0 Å². The van der Waals surface area contributed by atoms with Crippen LogP contribution in [-0.2, 0) is 13.3 Å². The highest BCUT2D eigenvalue weighted by molar-refractivity contribution is 6.60. The Labute approximate surface area is 101 Å². The first kappa shape index (κ1) is 16.1. The van der Waals surface area contributed by atoms with Gasteiger partial charge in [0, 0.05) is 26.4 Å². The lowest BCUT2D eigenvalue weighted by Gasteiger charge is -2.29. The maximum absolute atomic E-state index is 5.98. The van der Waals surface area contributed by atoms with Crippen LogP contribution in [-0.4, -0.2) is 35.7 Å². The molecule has 5 heteroatoms. The molecule has 0 saturated heterocycles. The molecule has 0 fully saturated rings. The van der Waals surface area contributed by atoms with Crippen LogP contribution in [0.4, 0.5) is 0 Å². The van der Waals surface area contributed by atoms with E-state index in [0.717, 1.165) is 18.9 Å². The third-order valence-electron chi connectivity index (χ3n) is 2.65. The van der Waals surface area contributed by atoms with Crippen LogP contribution >= 0.6 is 0 Å². The summed E-state index contributed by atoms with van der Waals surface area (Å²) in [4.78, 5) is 0. The molecule has 0 bridgehead atoms. The van der Waals surface area contributed by atoms with E-state index < -0.39 is 8.80 Å². The first-order valence-electron chi connectivity index (χ1n) is 6.12. The Morgan fingerprint density at radius 3 is 2.25 bits per heavy atom. The van der Waals surface area contributed by atoms with Crippen molar-refractivity contribution in [2.24, 2.45) is 5.73 Å². The van der Waals surface area contributed by atoms with Crippen molar-refractivity contribution in [1.29, 1.82) is 0 Å². The van der Waals surface area contributed by atoms with Gasteiger partial charge in [0.15, 0.2) is 0 Å². The summed E-state index contributed by atoms with van der Waals surface area (Å²) in [7, 11) is 0.873. The van der Waals surface area contributed by atoms with Crippen LogP contribution in [0.3, 0.4) is 0 Å². The highest BCUT2D eigenvalue weighted by Gasteiger charge is 2.39. The van der Waals surface area contributed by atoms with Crippen molar-refractivity contribution in [1.82, 2.24) is 0 Å². The largest absolute Gasteiger partial charge is 0.500 e. The van der Waals surface area contributed by atoms with Gasteiger partial charge in [-0.1, -0.05) is 19.8 Å². The normalized spacial score (nSPS) is 14.1. The van der Waals surface area contributed by atoms with E-state index in [1.54, 1.807) is 14.2 Å². The lowest BCUT2D eigenvalue weighted by atomic mass is 10.2. The number of unbranched alkanes of at least 4 members (excludes halogenated alkanes) is 1. The third-order valence-corrected chi connectivity index (χ3v) is 5.63. The molecular formula is C11H27NO3Si. The highest BCUT2D eigenvalue weighted by Crippen LogP contribution is 2.19. The van der Waals surface area contributed by atoms with E-state index in [4.69, 9.17) is 19.0 Å². The average Bonchev–Trinajstić information content (AvgIpc) is 2.32. The molecule has 0 amide bonds. The number of hydrogen-bond acceptors (Lipinski definition) is 4. The van der Waals surface area contributed by atoms with E-state index in [9.17, 15) is 0 Å². The fourth-order valence-electron chi connectivity index (χ4n) is 1.62. The molecule has 1 atom stereocenters. The van der Waals surface area contributed by atoms with Crippen molar-refractivity contribution in [2.75, 3.05) is 20.8 Å². The fourth-order valence-corrected chi connectivity index (χ4v) is 3.87. The lowest BCUT2D eigenvalue weighted by molar-refractivity contribution is 0.0579. The van der Waals surface area contributed by atoms with Crippen LogP contribution in [0, 0.1) is 0 Å². The molecule has 0 radical (unpaired) electrons. The van der Waals surface area contributed by atoms with Crippen LogP contribution in [0.5, 0.6) is 0 Å². The molecule has 0 saturated carbocycles. The average molecular weight is 249 g/mol. The Balaban J connectivity index is 4.17. The fraction of sp³-hybridized carbons (Fsp3) is 1.00. The molecule has 16 heavy (non-hydrogen) atoms. The van der Waals surface area contributed by atoms with E-state index in [2.05, 4.69) is 13.8 Å². The molecule has 0 aromatic heterocycles. The SMILES string of the molecule is CCCCC(C)O[Si](CCCN)(OC)OC. The van der Waals surface area contributed by atoms with Gasteiger partial charge in [-0.15, -0.1) is 0 Å². The summed E-state index contributed by atoms with van der Waals surface area (Å²) in [5.41, 5.74) is 5.51. The van der Waals surface area contributed by atoms with E-state index >= 15 is 0 Å². The standard InChI is InChI=1S/C11H27NO3Si/c1-5-6-8-11(2)15-16(13-3,14-4)10-7-9-12/h11H,5-10,12H2,1-4H3. The number of rotatable bonds is 10. The van der Waals surface area contributed by atoms with E-state index in [1.807, 2.05) is 0 Å². The third kappa shape index (κ3) is 5.96. The second-order valence-corrected chi connectivity index (χ2v) is 6.97. The van der Waals surface area contributed by atoms with Gasteiger partial charge in [-0.05, 0) is 26.3 Å². The monoisotopic (exact) mass is 249 g/mol. The zero-order chi connectivity index (χ0) is 12.4. The molecule has 0 aliphatic rings. The molecule has 0 rings (SSSR count). The van der Waals surface area contributed by atoms with E-state index in [0.29, 0.717) is 6.54 Å². The Morgan fingerprint density at radius 2 is 1.81 bits per heavy atom. The quantitative estimate of drug-likeness (QED) is 0.603. The topological polar surface area (TPSA) is 53.7 Å². The van der Waals surface area contributed by atoms with Crippen LogP contribution in [0.2, 0.25) is 6.04 Å². The Hall–Kier alpha value is 0.0569. The van der Waals surface area contributed by atoms with E-state index in [-0.39, 0.29) is 6.10 Å². The molecule has 0 aromatic rings. The van der Waals surface area contributed by atoms with Crippen molar-refractivity contribution in [3.63, 3.8) is 0 Å². The van der Waals surface area contributed by atoms with Crippen molar-refractivity contribution >= 4 is 8.80 Å². The molecule has 4 nitrogen and oxygen atoms in total. The van der Waals surface area contributed by atoms with Crippen LogP contribution < -0.4 is 5.73 Å². The van der Waals surface area contributed by atoms with Crippen LogP contribution in [0.1, 0.15) is 39.5 Å². The summed E-state index contributed by atoms with van der Waals surface area (Å²) >= 11 is 0. The molecular weight excluding hydrogens is 222 g/mol. The van der Waals surface area contributed by atoms with Gasteiger partial charge >= 0.3 is 8.80 Å². The molecule has 0 aromatic carbocycles. The van der Waals surface area contributed by atoms with Crippen LogP contribution in [0.15, 0.2) is 0 Å². The summed E-state index contributed by atoms with van der Waals surface area (Å²) < 4.78 is 16.9. The second kappa shape index (κ2) is 9.12. The van der Waals surface area contributed by atoms with Gasteiger partial charge < -0.3 is 19.0 Å². The van der Waals surface area contributed by atoms with Crippen LogP contribution in [0.25, 0.3) is 0 Å². The zero-order valence-electron chi connectivity index (χ0n) is 11.1. The maximum Gasteiger partial charge on any atom is 0.500 e. The summed E-state index contributed by atoms with van der Waals surface area (Å²) in [5.74, 6) is 0. The van der Waals surface area contributed by atoms with Gasteiger partial charge in [0.1, 0.15) is 0 Å².